The molecule has 1 aromatic carbocycles. The van der Waals surface area contributed by atoms with Gasteiger partial charge in [0.25, 0.3) is 11.5 Å². The molecule has 166 valence electrons. The summed E-state index contributed by atoms with van der Waals surface area (Å²) >= 11 is 1.72. The Labute approximate surface area is 191 Å². The van der Waals surface area contributed by atoms with Crippen LogP contribution in [0, 0.1) is 13.8 Å². The number of carbonyl (C=O) groups is 1. The van der Waals surface area contributed by atoms with Crippen molar-refractivity contribution in [3.8, 4) is 16.8 Å². The van der Waals surface area contributed by atoms with E-state index in [1.807, 2.05) is 62.0 Å². The Balaban J connectivity index is 1.95. The fraction of sp³-hybridized carbons (Fsp3) is 0.280. The lowest BCUT2D eigenvalue weighted by Gasteiger charge is -2.11. The molecule has 0 bridgehead atoms. The van der Waals surface area contributed by atoms with E-state index < -0.39 is 5.91 Å². The molecule has 3 heterocycles. The Kier molecular flexibility index (Phi) is 5.93. The lowest BCUT2D eigenvalue weighted by molar-refractivity contribution is 0.1000. The van der Waals surface area contributed by atoms with Gasteiger partial charge in [-0.2, -0.15) is 0 Å². The second-order valence-electron chi connectivity index (χ2n) is 7.92. The molecule has 0 aliphatic carbocycles. The highest BCUT2D eigenvalue weighted by molar-refractivity contribution is 7.09. The summed E-state index contributed by atoms with van der Waals surface area (Å²) < 4.78 is 5.65. The summed E-state index contributed by atoms with van der Waals surface area (Å²) in [6.07, 6.45) is 1.55. The zero-order valence-electron chi connectivity index (χ0n) is 18.9. The first-order chi connectivity index (χ1) is 15.4. The van der Waals surface area contributed by atoms with Gasteiger partial charge in [-0.25, -0.2) is 4.68 Å². The molecular weight excluding hydrogens is 420 g/mol. The second kappa shape index (κ2) is 8.67. The minimum atomic E-state index is -0.504. The van der Waals surface area contributed by atoms with Gasteiger partial charge in [-0.15, -0.1) is 11.3 Å². The van der Waals surface area contributed by atoms with Gasteiger partial charge in [0.2, 0.25) is 0 Å². The van der Waals surface area contributed by atoms with Gasteiger partial charge >= 0.3 is 0 Å². The largest absolute Gasteiger partial charge is 0.366 e. The second-order valence-corrected chi connectivity index (χ2v) is 8.95. The fourth-order valence-corrected chi connectivity index (χ4v) is 5.27. The SMILES string of the molecule is CCc1c(-c2c(C)n(C)n(-c3ccccc3)c2=O)c(C(N)=O)c(C)n1CCc1cccs1. The van der Waals surface area contributed by atoms with E-state index in [1.54, 1.807) is 16.0 Å². The maximum absolute atomic E-state index is 13.7. The molecule has 0 aliphatic rings. The van der Waals surface area contributed by atoms with Crippen LogP contribution in [0.4, 0.5) is 0 Å². The summed E-state index contributed by atoms with van der Waals surface area (Å²) in [4.78, 5) is 27.6. The van der Waals surface area contributed by atoms with Gasteiger partial charge in [0.15, 0.2) is 0 Å². The zero-order valence-corrected chi connectivity index (χ0v) is 19.7. The molecule has 6 nitrogen and oxygen atoms in total. The Hall–Kier alpha value is -3.32. The monoisotopic (exact) mass is 448 g/mol. The molecule has 0 radical (unpaired) electrons. The van der Waals surface area contributed by atoms with Gasteiger partial charge in [-0.3, -0.25) is 14.3 Å². The Morgan fingerprint density at radius 1 is 1.03 bits per heavy atom. The van der Waals surface area contributed by atoms with Crippen molar-refractivity contribution in [3.63, 3.8) is 0 Å². The van der Waals surface area contributed by atoms with Crippen LogP contribution in [0.25, 0.3) is 16.8 Å². The van der Waals surface area contributed by atoms with Crippen LogP contribution in [0.15, 0.2) is 52.6 Å². The molecule has 4 rings (SSSR count). The number of benzene rings is 1. The number of hydrogen-bond acceptors (Lipinski definition) is 3. The molecule has 2 N–H and O–H groups in total. The van der Waals surface area contributed by atoms with E-state index in [0.717, 1.165) is 35.7 Å². The van der Waals surface area contributed by atoms with Crippen LogP contribution in [-0.4, -0.2) is 19.8 Å². The first-order valence-corrected chi connectivity index (χ1v) is 11.6. The molecule has 4 aromatic rings. The topological polar surface area (TPSA) is 75.0 Å². The van der Waals surface area contributed by atoms with Crippen molar-refractivity contribution in [1.29, 1.82) is 0 Å². The maximum atomic E-state index is 13.7. The summed E-state index contributed by atoms with van der Waals surface area (Å²) in [5.41, 5.74) is 10.7. The molecule has 0 aliphatic heterocycles. The highest BCUT2D eigenvalue weighted by Gasteiger charge is 2.29. The number of hydrogen-bond donors (Lipinski definition) is 1. The Morgan fingerprint density at radius 2 is 1.75 bits per heavy atom. The zero-order chi connectivity index (χ0) is 23.0. The lowest BCUT2D eigenvalue weighted by Crippen LogP contribution is -2.20. The molecule has 0 spiro atoms. The third kappa shape index (κ3) is 3.52. The minimum absolute atomic E-state index is 0.149. The van der Waals surface area contributed by atoms with E-state index in [1.165, 1.54) is 4.88 Å². The van der Waals surface area contributed by atoms with E-state index in [-0.39, 0.29) is 5.56 Å². The number of primary amides is 1. The molecule has 0 unspecified atom stereocenters. The van der Waals surface area contributed by atoms with Crippen LogP contribution >= 0.6 is 11.3 Å². The number of carbonyl (C=O) groups excluding carboxylic acids is 1. The van der Waals surface area contributed by atoms with Crippen molar-refractivity contribution < 1.29 is 4.79 Å². The summed E-state index contributed by atoms with van der Waals surface area (Å²) in [5, 5.41) is 2.07. The number of aryl methyl sites for hydroxylation is 1. The van der Waals surface area contributed by atoms with Crippen molar-refractivity contribution >= 4 is 17.2 Å². The standard InChI is InChI=1S/C25H28N4O2S/c1-5-20-23(21(24(26)30)17(3)28(20)14-13-19-12-9-15-32-19)22-16(2)27(4)29(25(22)31)18-10-7-6-8-11-18/h6-12,15H,5,13-14H2,1-4H3,(H2,26,30). The van der Waals surface area contributed by atoms with Gasteiger partial charge in [0.1, 0.15) is 0 Å². The molecular formula is C25H28N4O2S. The van der Waals surface area contributed by atoms with E-state index in [4.69, 9.17) is 5.73 Å². The van der Waals surface area contributed by atoms with Crippen molar-refractivity contribution in [1.82, 2.24) is 13.9 Å². The van der Waals surface area contributed by atoms with Crippen molar-refractivity contribution in [2.75, 3.05) is 0 Å². The molecule has 0 atom stereocenters. The minimum Gasteiger partial charge on any atom is -0.366 e. The summed E-state index contributed by atoms with van der Waals surface area (Å²) in [5.74, 6) is -0.504. The van der Waals surface area contributed by atoms with E-state index in [0.29, 0.717) is 23.1 Å². The summed E-state index contributed by atoms with van der Waals surface area (Å²) in [7, 11) is 1.86. The van der Waals surface area contributed by atoms with Crippen LogP contribution in [0.2, 0.25) is 0 Å². The lowest BCUT2D eigenvalue weighted by atomic mass is 9.99. The highest BCUT2D eigenvalue weighted by atomic mass is 32.1. The highest BCUT2D eigenvalue weighted by Crippen LogP contribution is 2.34. The Morgan fingerprint density at radius 3 is 2.34 bits per heavy atom. The molecule has 0 fully saturated rings. The van der Waals surface area contributed by atoms with Crippen LogP contribution in [-0.2, 0) is 26.4 Å². The first-order valence-electron chi connectivity index (χ1n) is 10.7. The number of amides is 1. The van der Waals surface area contributed by atoms with Gasteiger partial charge in [-0.05, 0) is 50.3 Å². The first kappa shape index (κ1) is 21.9. The Bertz CT molecular complexity index is 1320. The molecule has 32 heavy (non-hydrogen) atoms. The van der Waals surface area contributed by atoms with Gasteiger partial charge < -0.3 is 10.3 Å². The smallest absolute Gasteiger partial charge is 0.279 e. The van der Waals surface area contributed by atoms with Crippen LogP contribution in [0.3, 0.4) is 0 Å². The number of nitrogens with zero attached hydrogens (tertiary/aromatic N) is 3. The number of aromatic nitrogens is 3. The average molecular weight is 449 g/mol. The molecule has 7 heteroatoms. The van der Waals surface area contributed by atoms with E-state index in [2.05, 4.69) is 22.9 Å². The quantitative estimate of drug-likeness (QED) is 0.459. The van der Waals surface area contributed by atoms with Gasteiger partial charge in [-0.1, -0.05) is 31.2 Å². The van der Waals surface area contributed by atoms with E-state index in [9.17, 15) is 9.59 Å². The maximum Gasteiger partial charge on any atom is 0.279 e. The summed E-state index contributed by atoms with van der Waals surface area (Å²) in [6.45, 7) is 6.62. The molecule has 1 amide bonds. The fourth-order valence-electron chi connectivity index (χ4n) is 4.57. The number of rotatable bonds is 7. The normalized spacial score (nSPS) is 11.2. The number of para-hydroxylation sites is 1. The van der Waals surface area contributed by atoms with Crippen molar-refractivity contribution in [2.45, 2.75) is 40.2 Å². The van der Waals surface area contributed by atoms with Gasteiger partial charge in [0.05, 0.1) is 16.8 Å². The van der Waals surface area contributed by atoms with Gasteiger partial charge in [0, 0.05) is 41.1 Å². The third-order valence-electron chi connectivity index (χ3n) is 6.18. The average Bonchev–Trinajstić information content (AvgIpc) is 3.44. The third-order valence-corrected chi connectivity index (χ3v) is 7.11. The van der Waals surface area contributed by atoms with Crippen LogP contribution in [0.1, 0.15) is 39.2 Å². The van der Waals surface area contributed by atoms with Crippen LogP contribution < -0.4 is 11.3 Å². The van der Waals surface area contributed by atoms with E-state index >= 15 is 0 Å². The van der Waals surface area contributed by atoms with Crippen LogP contribution in [0.5, 0.6) is 0 Å². The predicted octanol–water partition coefficient (Wildman–Crippen LogP) is 4.23. The van der Waals surface area contributed by atoms with Crippen molar-refractivity contribution in [2.24, 2.45) is 12.8 Å². The number of thiophene rings is 1. The molecule has 0 saturated heterocycles. The predicted molar refractivity (Wildman–Crippen MR) is 130 cm³/mol. The molecule has 3 aromatic heterocycles. The summed E-state index contributed by atoms with van der Waals surface area (Å²) in [6, 6.07) is 13.7. The molecule has 0 saturated carbocycles. The number of nitrogens with two attached hydrogens (primary N) is 1. The van der Waals surface area contributed by atoms with Crippen molar-refractivity contribution in [3.05, 3.63) is 85.7 Å².